The molecule has 0 spiro atoms. The quantitative estimate of drug-likeness (QED) is 0.600. The van der Waals surface area contributed by atoms with E-state index in [0.717, 1.165) is 31.6 Å². The van der Waals surface area contributed by atoms with Crippen LogP contribution in [0.2, 0.25) is 0 Å². The average Bonchev–Trinajstić information content (AvgIpc) is 2.39. The van der Waals surface area contributed by atoms with Crippen molar-refractivity contribution in [2.75, 3.05) is 19.7 Å². The maximum absolute atomic E-state index is 11.1. The number of Topliss-reactive ketones (excluding diaryl/α,β-unsaturated/α-hetero) is 1. The minimum Gasteiger partial charge on any atom is -0.396 e. The summed E-state index contributed by atoms with van der Waals surface area (Å²) < 4.78 is 0. The third kappa shape index (κ3) is 4.15. The zero-order chi connectivity index (χ0) is 13.5. The number of aliphatic hydroxyl groups is 1. The zero-order valence-corrected chi connectivity index (χ0v) is 11.4. The summed E-state index contributed by atoms with van der Waals surface area (Å²) in [4.78, 5) is 13.4. The maximum Gasteiger partial charge on any atom is 0.159 e. The number of nitrogens with zero attached hydrogens (tertiary/aromatic N) is 1. The van der Waals surface area contributed by atoms with Gasteiger partial charge in [-0.2, -0.15) is 0 Å². The second-order valence-corrected chi connectivity index (χ2v) is 4.74. The number of ketones is 1. The van der Waals surface area contributed by atoms with Crippen LogP contribution < -0.4 is 0 Å². The first kappa shape index (κ1) is 14.7. The van der Waals surface area contributed by atoms with Crippen molar-refractivity contribution in [2.24, 2.45) is 5.92 Å². The van der Waals surface area contributed by atoms with E-state index in [1.165, 1.54) is 6.92 Å². The van der Waals surface area contributed by atoms with Crippen molar-refractivity contribution in [1.29, 1.82) is 0 Å². The van der Waals surface area contributed by atoms with Crippen molar-refractivity contribution in [3.63, 3.8) is 0 Å². The lowest BCUT2D eigenvalue weighted by atomic mass is 9.97. The van der Waals surface area contributed by atoms with E-state index in [1.54, 1.807) is 6.08 Å². The predicted octanol–water partition coefficient (Wildman–Crippen LogP) is 2.30. The van der Waals surface area contributed by atoms with E-state index in [9.17, 15) is 4.79 Å². The molecular formula is C15H23NO2. The van der Waals surface area contributed by atoms with Gasteiger partial charge in [0.1, 0.15) is 0 Å². The highest BCUT2D eigenvalue weighted by atomic mass is 16.3. The number of rotatable bonds is 5. The first-order valence-electron chi connectivity index (χ1n) is 6.48. The zero-order valence-electron chi connectivity index (χ0n) is 11.4. The molecule has 18 heavy (non-hydrogen) atoms. The molecule has 1 N–H and O–H groups in total. The van der Waals surface area contributed by atoms with Crippen LogP contribution in [-0.2, 0) is 4.79 Å². The van der Waals surface area contributed by atoms with Crippen LogP contribution in [-0.4, -0.2) is 35.5 Å². The average molecular weight is 249 g/mol. The molecule has 100 valence electrons. The van der Waals surface area contributed by atoms with Gasteiger partial charge in [0.05, 0.1) is 0 Å². The summed E-state index contributed by atoms with van der Waals surface area (Å²) in [6, 6.07) is 0. The Morgan fingerprint density at radius 3 is 2.44 bits per heavy atom. The van der Waals surface area contributed by atoms with E-state index in [-0.39, 0.29) is 12.4 Å². The van der Waals surface area contributed by atoms with E-state index < -0.39 is 0 Å². The Balaban J connectivity index is 2.58. The lowest BCUT2D eigenvalue weighted by molar-refractivity contribution is -0.113. The molecule has 0 amide bonds. The van der Waals surface area contributed by atoms with Crippen molar-refractivity contribution in [2.45, 2.75) is 26.7 Å². The van der Waals surface area contributed by atoms with Gasteiger partial charge in [0.25, 0.3) is 0 Å². The molecule has 0 aromatic rings. The fourth-order valence-electron chi connectivity index (χ4n) is 2.06. The molecule has 1 aliphatic rings. The molecule has 1 saturated heterocycles. The molecule has 0 atom stereocenters. The van der Waals surface area contributed by atoms with Crippen molar-refractivity contribution in [1.82, 2.24) is 4.90 Å². The van der Waals surface area contributed by atoms with Gasteiger partial charge in [0.2, 0.25) is 0 Å². The molecule has 1 rings (SSSR count). The van der Waals surface area contributed by atoms with Crippen molar-refractivity contribution >= 4 is 5.78 Å². The van der Waals surface area contributed by atoms with E-state index in [1.807, 2.05) is 19.1 Å². The second-order valence-electron chi connectivity index (χ2n) is 4.74. The number of carbonyl (C=O) groups is 1. The molecule has 0 aliphatic carbocycles. The van der Waals surface area contributed by atoms with Gasteiger partial charge in [-0.25, -0.2) is 0 Å². The van der Waals surface area contributed by atoms with E-state index in [2.05, 4.69) is 11.5 Å². The highest BCUT2D eigenvalue weighted by Crippen LogP contribution is 2.20. The minimum absolute atomic E-state index is 0.000641. The van der Waals surface area contributed by atoms with Crippen LogP contribution in [0.25, 0.3) is 0 Å². The molecule has 1 fully saturated rings. The summed E-state index contributed by atoms with van der Waals surface area (Å²) in [7, 11) is 0. The molecule has 1 heterocycles. The topological polar surface area (TPSA) is 40.5 Å². The van der Waals surface area contributed by atoms with Gasteiger partial charge in [-0.3, -0.25) is 4.79 Å². The number of carbonyl (C=O) groups excluding carboxylic acids is 1. The van der Waals surface area contributed by atoms with Gasteiger partial charge >= 0.3 is 0 Å². The Bertz CT molecular complexity index is 361. The van der Waals surface area contributed by atoms with Gasteiger partial charge in [-0.15, -0.1) is 0 Å². The number of hydrogen-bond donors (Lipinski definition) is 1. The lowest BCUT2D eigenvalue weighted by Gasteiger charge is -2.33. The molecule has 3 nitrogen and oxygen atoms in total. The number of piperidine rings is 1. The Labute approximate surface area is 109 Å². The standard InChI is InChI=1S/C15H23NO2/c1-4-15(6-5-12(2)13(3)18)16-9-7-14(11-17)8-10-16/h4-6,14,17H,2,7-11H2,1,3H3/b6-5-,15-4+. The molecule has 0 saturated carbocycles. The van der Waals surface area contributed by atoms with Crippen LogP contribution in [0.5, 0.6) is 0 Å². The summed E-state index contributed by atoms with van der Waals surface area (Å²) in [6.45, 7) is 9.44. The molecule has 0 radical (unpaired) electrons. The number of aliphatic hydroxyl groups excluding tert-OH is 1. The van der Waals surface area contributed by atoms with E-state index in [0.29, 0.717) is 11.5 Å². The van der Waals surface area contributed by atoms with Crippen LogP contribution in [0.4, 0.5) is 0 Å². The van der Waals surface area contributed by atoms with Gasteiger partial charge in [0.15, 0.2) is 5.78 Å². The summed E-state index contributed by atoms with van der Waals surface area (Å²) >= 11 is 0. The Morgan fingerprint density at radius 2 is 2.00 bits per heavy atom. The Morgan fingerprint density at radius 1 is 1.39 bits per heavy atom. The monoisotopic (exact) mass is 249 g/mol. The normalized spacial score (nSPS) is 18.4. The fraction of sp³-hybridized carbons (Fsp3) is 0.533. The summed E-state index contributed by atoms with van der Waals surface area (Å²) in [5, 5.41) is 9.11. The number of allylic oxidation sites excluding steroid dienone is 4. The van der Waals surface area contributed by atoms with Gasteiger partial charge in [0, 0.05) is 31.0 Å². The van der Waals surface area contributed by atoms with Crippen LogP contribution in [0.15, 0.2) is 36.1 Å². The largest absolute Gasteiger partial charge is 0.396 e. The summed E-state index contributed by atoms with van der Waals surface area (Å²) in [5.41, 5.74) is 1.65. The minimum atomic E-state index is 0.000641. The van der Waals surface area contributed by atoms with Crippen LogP contribution in [0.3, 0.4) is 0 Å². The summed E-state index contributed by atoms with van der Waals surface area (Å²) in [6.07, 6.45) is 7.81. The highest BCUT2D eigenvalue weighted by molar-refractivity contribution is 5.95. The molecule has 0 aromatic heterocycles. The number of likely N-dealkylation sites (tertiary alicyclic amines) is 1. The van der Waals surface area contributed by atoms with Crippen LogP contribution >= 0.6 is 0 Å². The third-order valence-electron chi connectivity index (χ3n) is 3.44. The van der Waals surface area contributed by atoms with Crippen molar-refractivity contribution < 1.29 is 9.90 Å². The highest BCUT2D eigenvalue weighted by Gasteiger charge is 2.18. The van der Waals surface area contributed by atoms with Gasteiger partial charge < -0.3 is 10.0 Å². The number of hydrogen-bond acceptors (Lipinski definition) is 3. The molecular weight excluding hydrogens is 226 g/mol. The van der Waals surface area contributed by atoms with Gasteiger partial charge in [-0.1, -0.05) is 12.7 Å². The third-order valence-corrected chi connectivity index (χ3v) is 3.44. The first-order chi connectivity index (χ1) is 8.58. The first-order valence-corrected chi connectivity index (χ1v) is 6.48. The van der Waals surface area contributed by atoms with E-state index >= 15 is 0 Å². The van der Waals surface area contributed by atoms with Crippen molar-refractivity contribution in [3.05, 3.63) is 36.1 Å². The molecule has 0 bridgehead atoms. The van der Waals surface area contributed by atoms with Crippen LogP contribution in [0, 0.1) is 5.92 Å². The van der Waals surface area contributed by atoms with Gasteiger partial charge in [-0.05, 0) is 44.8 Å². The van der Waals surface area contributed by atoms with E-state index in [4.69, 9.17) is 5.11 Å². The Kier molecular flexibility index (Phi) is 5.86. The second kappa shape index (κ2) is 7.17. The molecule has 0 aromatic carbocycles. The fourth-order valence-corrected chi connectivity index (χ4v) is 2.06. The molecule has 0 unspecified atom stereocenters. The predicted molar refractivity (Wildman–Crippen MR) is 74.1 cm³/mol. The Hall–Kier alpha value is -1.35. The maximum atomic E-state index is 11.1. The smallest absolute Gasteiger partial charge is 0.159 e. The van der Waals surface area contributed by atoms with Crippen molar-refractivity contribution in [3.8, 4) is 0 Å². The lowest BCUT2D eigenvalue weighted by Crippen LogP contribution is -2.33. The molecule has 1 aliphatic heterocycles. The molecule has 3 heteroatoms. The SMILES string of the molecule is C=C(/C=C\C(=C/C)N1CCC(CO)CC1)C(C)=O. The summed E-state index contributed by atoms with van der Waals surface area (Å²) in [5.74, 6) is 0.441. The van der Waals surface area contributed by atoms with Crippen LogP contribution in [0.1, 0.15) is 26.7 Å².